The molecule has 0 saturated heterocycles. The molecule has 1 aromatic carbocycles. The van der Waals surface area contributed by atoms with Crippen LogP contribution in [0.1, 0.15) is 56.2 Å². The van der Waals surface area contributed by atoms with Gasteiger partial charge in [-0.05, 0) is 43.7 Å². The first kappa shape index (κ1) is 11.6. The third-order valence-corrected chi connectivity index (χ3v) is 3.60. The third-order valence-electron chi connectivity index (χ3n) is 3.60. The molecule has 2 N–H and O–H groups in total. The van der Waals surface area contributed by atoms with Crippen molar-refractivity contribution in [3.05, 3.63) is 35.4 Å². The number of hydrogen-bond acceptors (Lipinski definition) is 1. The Morgan fingerprint density at radius 1 is 1.12 bits per heavy atom. The summed E-state index contributed by atoms with van der Waals surface area (Å²) in [6.07, 6.45) is 4.52. The Bertz CT molecular complexity index is 336. The zero-order chi connectivity index (χ0) is 11.6. The van der Waals surface area contributed by atoms with Crippen LogP contribution in [0.4, 0.5) is 4.39 Å². The molecule has 2 heteroatoms. The standard InChI is InChI=1S/C14H20FN/c1-11(16)12-5-7-13(8-6-12)14(15)9-3-2-4-10-14/h5-8,11H,2-4,9-10,16H2,1H3. The molecule has 1 unspecified atom stereocenters. The molecule has 2 rings (SSSR count). The van der Waals surface area contributed by atoms with E-state index in [1.807, 2.05) is 31.2 Å². The number of alkyl halides is 1. The fraction of sp³-hybridized carbons (Fsp3) is 0.571. The minimum absolute atomic E-state index is 0.0240. The summed E-state index contributed by atoms with van der Waals surface area (Å²) in [7, 11) is 0. The first-order valence-corrected chi connectivity index (χ1v) is 6.17. The number of nitrogens with two attached hydrogens (primary N) is 1. The molecule has 0 spiro atoms. The minimum atomic E-state index is -1.09. The van der Waals surface area contributed by atoms with Crippen LogP contribution in [0.15, 0.2) is 24.3 Å². The van der Waals surface area contributed by atoms with Gasteiger partial charge in [-0.1, -0.05) is 30.7 Å². The summed E-state index contributed by atoms with van der Waals surface area (Å²) in [6, 6.07) is 7.75. The Morgan fingerprint density at radius 3 is 2.19 bits per heavy atom. The second-order valence-corrected chi connectivity index (χ2v) is 4.94. The fourth-order valence-electron chi connectivity index (χ4n) is 2.49. The summed E-state index contributed by atoms with van der Waals surface area (Å²) >= 11 is 0. The maximum Gasteiger partial charge on any atom is 0.136 e. The quantitative estimate of drug-likeness (QED) is 0.806. The van der Waals surface area contributed by atoms with Crippen molar-refractivity contribution in [3.63, 3.8) is 0 Å². The van der Waals surface area contributed by atoms with Crippen molar-refractivity contribution in [2.24, 2.45) is 5.73 Å². The van der Waals surface area contributed by atoms with Crippen molar-refractivity contribution in [1.82, 2.24) is 0 Å². The van der Waals surface area contributed by atoms with E-state index in [2.05, 4.69) is 0 Å². The molecule has 0 aromatic heterocycles. The van der Waals surface area contributed by atoms with E-state index in [-0.39, 0.29) is 6.04 Å². The van der Waals surface area contributed by atoms with E-state index in [4.69, 9.17) is 5.73 Å². The van der Waals surface area contributed by atoms with E-state index in [1.54, 1.807) is 0 Å². The monoisotopic (exact) mass is 221 g/mol. The highest BCUT2D eigenvalue weighted by Gasteiger charge is 2.33. The average molecular weight is 221 g/mol. The molecule has 1 aliphatic rings. The number of hydrogen-bond donors (Lipinski definition) is 1. The third kappa shape index (κ3) is 2.27. The van der Waals surface area contributed by atoms with Crippen molar-refractivity contribution in [1.29, 1.82) is 0 Å². The van der Waals surface area contributed by atoms with Gasteiger partial charge in [-0.25, -0.2) is 4.39 Å². The van der Waals surface area contributed by atoms with Crippen LogP contribution in [0.3, 0.4) is 0 Å². The molecule has 0 radical (unpaired) electrons. The topological polar surface area (TPSA) is 26.0 Å². The highest BCUT2D eigenvalue weighted by molar-refractivity contribution is 5.29. The molecular formula is C14H20FN. The van der Waals surface area contributed by atoms with Gasteiger partial charge in [-0.3, -0.25) is 0 Å². The highest BCUT2D eigenvalue weighted by Crippen LogP contribution is 2.40. The number of rotatable bonds is 2. The molecule has 0 aliphatic heterocycles. The van der Waals surface area contributed by atoms with Crippen LogP contribution in [0.25, 0.3) is 0 Å². The summed E-state index contributed by atoms with van der Waals surface area (Å²) in [5, 5.41) is 0. The number of benzene rings is 1. The molecule has 88 valence electrons. The lowest BCUT2D eigenvalue weighted by atomic mass is 9.81. The largest absolute Gasteiger partial charge is 0.324 e. The summed E-state index contributed by atoms with van der Waals surface area (Å²) < 4.78 is 14.6. The Hall–Kier alpha value is -0.890. The predicted molar refractivity (Wildman–Crippen MR) is 64.9 cm³/mol. The Labute approximate surface area is 96.9 Å². The van der Waals surface area contributed by atoms with E-state index in [1.165, 1.54) is 6.42 Å². The van der Waals surface area contributed by atoms with Crippen molar-refractivity contribution in [2.45, 2.75) is 50.7 Å². The lowest BCUT2D eigenvalue weighted by Crippen LogP contribution is -2.23. The lowest BCUT2D eigenvalue weighted by Gasteiger charge is -2.30. The van der Waals surface area contributed by atoms with Gasteiger partial charge in [0, 0.05) is 6.04 Å². The normalized spacial score (nSPS) is 21.7. The molecule has 0 bridgehead atoms. The van der Waals surface area contributed by atoms with Crippen molar-refractivity contribution in [3.8, 4) is 0 Å². The minimum Gasteiger partial charge on any atom is -0.324 e. The lowest BCUT2D eigenvalue weighted by molar-refractivity contribution is 0.106. The smallest absolute Gasteiger partial charge is 0.136 e. The van der Waals surface area contributed by atoms with Gasteiger partial charge in [0.1, 0.15) is 5.67 Å². The summed E-state index contributed by atoms with van der Waals surface area (Å²) in [5.74, 6) is 0. The molecule has 16 heavy (non-hydrogen) atoms. The van der Waals surface area contributed by atoms with Gasteiger partial charge < -0.3 is 5.73 Å². The van der Waals surface area contributed by atoms with Gasteiger partial charge in [-0.2, -0.15) is 0 Å². The maximum atomic E-state index is 14.6. The van der Waals surface area contributed by atoms with E-state index in [0.29, 0.717) is 12.8 Å². The zero-order valence-electron chi connectivity index (χ0n) is 9.88. The molecule has 1 aliphatic carbocycles. The summed E-state index contributed by atoms with van der Waals surface area (Å²) in [4.78, 5) is 0. The second-order valence-electron chi connectivity index (χ2n) is 4.94. The van der Waals surface area contributed by atoms with E-state index in [9.17, 15) is 4.39 Å². The van der Waals surface area contributed by atoms with E-state index in [0.717, 1.165) is 24.0 Å². The van der Waals surface area contributed by atoms with Gasteiger partial charge in [0.15, 0.2) is 0 Å². The van der Waals surface area contributed by atoms with Crippen molar-refractivity contribution in [2.75, 3.05) is 0 Å². The summed E-state index contributed by atoms with van der Waals surface area (Å²) in [5.41, 5.74) is 6.60. The van der Waals surface area contributed by atoms with Crippen LogP contribution in [0.2, 0.25) is 0 Å². The Morgan fingerprint density at radius 2 is 1.69 bits per heavy atom. The van der Waals surface area contributed by atoms with Gasteiger partial charge in [-0.15, -0.1) is 0 Å². The van der Waals surface area contributed by atoms with Crippen molar-refractivity contribution < 1.29 is 4.39 Å². The average Bonchev–Trinajstić information content (AvgIpc) is 2.30. The van der Waals surface area contributed by atoms with Crippen LogP contribution in [0.5, 0.6) is 0 Å². The molecule has 1 aromatic rings. The zero-order valence-corrected chi connectivity index (χ0v) is 9.88. The first-order valence-electron chi connectivity index (χ1n) is 6.17. The van der Waals surface area contributed by atoms with Gasteiger partial charge in [0.05, 0.1) is 0 Å². The van der Waals surface area contributed by atoms with E-state index >= 15 is 0 Å². The molecule has 1 nitrogen and oxygen atoms in total. The fourth-order valence-corrected chi connectivity index (χ4v) is 2.49. The highest BCUT2D eigenvalue weighted by atomic mass is 19.1. The van der Waals surface area contributed by atoms with Crippen molar-refractivity contribution >= 4 is 0 Å². The SMILES string of the molecule is CC(N)c1ccc(C2(F)CCCCC2)cc1. The van der Waals surface area contributed by atoms with Gasteiger partial charge in [0.25, 0.3) is 0 Å². The summed E-state index contributed by atoms with van der Waals surface area (Å²) in [6.45, 7) is 1.95. The van der Waals surface area contributed by atoms with Crippen LogP contribution in [0, 0.1) is 0 Å². The predicted octanol–water partition coefficient (Wildman–Crippen LogP) is 3.84. The Balaban J connectivity index is 2.20. The van der Waals surface area contributed by atoms with Crippen LogP contribution >= 0.6 is 0 Å². The number of halogens is 1. The maximum absolute atomic E-state index is 14.6. The second kappa shape index (κ2) is 4.54. The molecule has 0 amide bonds. The molecular weight excluding hydrogens is 201 g/mol. The van der Waals surface area contributed by atoms with Gasteiger partial charge in [0.2, 0.25) is 0 Å². The Kier molecular flexibility index (Phi) is 3.29. The van der Waals surface area contributed by atoms with E-state index < -0.39 is 5.67 Å². The van der Waals surface area contributed by atoms with Crippen LogP contribution < -0.4 is 5.73 Å². The first-order chi connectivity index (χ1) is 7.62. The van der Waals surface area contributed by atoms with Crippen LogP contribution in [-0.4, -0.2) is 0 Å². The molecule has 1 fully saturated rings. The molecule has 1 atom stereocenters. The van der Waals surface area contributed by atoms with Gasteiger partial charge >= 0.3 is 0 Å². The molecule has 0 heterocycles. The molecule has 1 saturated carbocycles. The van der Waals surface area contributed by atoms with Crippen LogP contribution in [-0.2, 0) is 5.67 Å².